The topological polar surface area (TPSA) is 273 Å². The molecular formula is C46H53N9O7. The first-order chi connectivity index (χ1) is 29.6. The molecule has 0 fully saturated rings. The van der Waals surface area contributed by atoms with E-state index in [1.54, 1.807) is 12.1 Å². The molecule has 5 aromatic carbocycles. The van der Waals surface area contributed by atoms with Crippen LogP contribution >= 0.6 is 0 Å². The van der Waals surface area contributed by atoms with E-state index in [1.807, 2.05) is 84.9 Å². The maximum Gasteiger partial charge on any atom is 0.243 e. The van der Waals surface area contributed by atoms with E-state index in [-0.39, 0.29) is 50.4 Å². The Hall–Kier alpha value is -7.49. The normalized spacial score (nSPS) is 13.4. The lowest BCUT2D eigenvalue weighted by Crippen LogP contribution is -2.59. The minimum absolute atomic E-state index is 0.00544. The smallest absolute Gasteiger partial charge is 0.243 e. The fourth-order valence-corrected chi connectivity index (χ4v) is 6.92. The Morgan fingerprint density at radius 3 is 1.44 bits per heavy atom. The highest BCUT2D eigenvalue weighted by molar-refractivity contribution is 5.97. The third kappa shape index (κ3) is 13.5. The molecule has 324 valence electrons. The Morgan fingerprint density at radius 1 is 0.548 bits per heavy atom. The van der Waals surface area contributed by atoms with Crippen molar-refractivity contribution in [3.8, 4) is 5.75 Å². The summed E-state index contributed by atoms with van der Waals surface area (Å²) in [4.78, 5) is 84.7. The van der Waals surface area contributed by atoms with Crippen LogP contribution in [-0.4, -0.2) is 83.3 Å². The highest BCUT2D eigenvalue weighted by atomic mass is 16.3. The number of carbonyl (C=O) groups is 6. The molecule has 0 aromatic heterocycles. The molecule has 12 N–H and O–H groups in total. The second-order valence-electron chi connectivity index (χ2n) is 15.2. The number of phenols is 1. The van der Waals surface area contributed by atoms with E-state index >= 15 is 0 Å². The molecule has 0 spiro atoms. The van der Waals surface area contributed by atoms with Crippen LogP contribution in [0.5, 0.6) is 5.75 Å². The van der Waals surface area contributed by atoms with Crippen molar-refractivity contribution in [1.82, 2.24) is 26.6 Å². The number of nitrogens with one attached hydrogen (secondary N) is 5. The molecule has 0 saturated carbocycles. The van der Waals surface area contributed by atoms with Gasteiger partial charge in [0.15, 0.2) is 5.96 Å². The van der Waals surface area contributed by atoms with Gasteiger partial charge in [-0.25, -0.2) is 0 Å². The third-order valence-corrected chi connectivity index (χ3v) is 10.2. The molecule has 0 bridgehead atoms. The van der Waals surface area contributed by atoms with Gasteiger partial charge < -0.3 is 48.9 Å². The van der Waals surface area contributed by atoms with Crippen LogP contribution in [0.1, 0.15) is 43.4 Å². The summed E-state index contributed by atoms with van der Waals surface area (Å²) >= 11 is 0. The van der Waals surface area contributed by atoms with Gasteiger partial charge in [0.1, 0.15) is 36.0 Å². The largest absolute Gasteiger partial charge is 0.508 e. The molecule has 0 unspecified atom stereocenters. The Labute approximate surface area is 359 Å². The summed E-state index contributed by atoms with van der Waals surface area (Å²) < 4.78 is 0. The number of carbonyl (C=O) groups excluding carboxylic acids is 6. The number of aliphatic imine (C=N–C) groups is 1. The first kappa shape index (κ1) is 45.6. The minimum Gasteiger partial charge on any atom is -0.508 e. The summed E-state index contributed by atoms with van der Waals surface area (Å²) in [5.74, 6) is -4.22. The molecule has 62 heavy (non-hydrogen) atoms. The zero-order valence-corrected chi connectivity index (χ0v) is 34.6. The van der Waals surface area contributed by atoms with Crippen LogP contribution in [0.2, 0.25) is 0 Å². The van der Waals surface area contributed by atoms with Gasteiger partial charge in [-0.3, -0.25) is 33.8 Å². The number of benzene rings is 5. The molecule has 0 aliphatic rings. The molecule has 16 nitrogen and oxygen atoms in total. The van der Waals surface area contributed by atoms with Crippen LogP contribution in [-0.2, 0) is 48.0 Å². The average molecular weight is 844 g/mol. The molecular weight excluding hydrogens is 791 g/mol. The van der Waals surface area contributed by atoms with E-state index in [0.717, 1.165) is 27.1 Å². The molecule has 0 saturated heterocycles. The molecule has 0 radical (unpaired) electrons. The lowest BCUT2D eigenvalue weighted by molar-refractivity contribution is -0.135. The molecule has 6 amide bonds. The van der Waals surface area contributed by atoms with Crippen molar-refractivity contribution in [2.75, 3.05) is 6.54 Å². The first-order valence-electron chi connectivity index (χ1n) is 20.2. The fourth-order valence-electron chi connectivity index (χ4n) is 6.92. The quantitative estimate of drug-likeness (QED) is 0.0313. The van der Waals surface area contributed by atoms with Crippen LogP contribution in [0.15, 0.2) is 114 Å². The molecule has 0 aliphatic carbocycles. The highest BCUT2D eigenvalue weighted by Gasteiger charge is 2.32. The number of nitrogens with zero attached hydrogens (tertiary/aromatic N) is 1. The number of nitrogens with two attached hydrogens (primary N) is 3. The number of amides is 6. The summed E-state index contributed by atoms with van der Waals surface area (Å²) in [7, 11) is 0. The summed E-state index contributed by atoms with van der Waals surface area (Å²) in [5.41, 5.74) is 18.4. The maximum atomic E-state index is 14.5. The fraction of sp³-hybridized carbons (Fsp3) is 0.283. The molecule has 5 rings (SSSR count). The summed E-state index contributed by atoms with van der Waals surface area (Å²) in [5, 5.41) is 27.4. The van der Waals surface area contributed by atoms with Crippen molar-refractivity contribution in [3.05, 3.63) is 126 Å². The van der Waals surface area contributed by atoms with E-state index in [9.17, 15) is 33.9 Å². The van der Waals surface area contributed by atoms with Crippen molar-refractivity contribution in [3.63, 3.8) is 0 Å². The van der Waals surface area contributed by atoms with Gasteiger partial charge in [0.05, 0.1) is 0 Å². The summed E-state index contributed by atoms with van der Waals surface area (Å²) in [6.45, 7) is 2.84. The average Bonchev–Trinajstić information content (AvgIpc) is 3.24. The van der Waals surface area contributed by atoms with Gasteiger partial charge in [0.2, 0.25) is 35.4 Å². The van der Waals surface area contributed by atoms with Crippen molar-refractivity contribution < 1.29 is 33.9 Å². The van der Waals surface area contributed by atoms with E-state index in [4.69, 9.17) is 17.2 Å². The zero-order chi connectivity index (χ0) is 44.8. The van der Waals surface area contributed by atoms with E-state index in [0.29, 0.717) is 11.1 Å². The number of aromatic hydroxyl groups is 1. The summed E-state index contributed by atoms with van der Waals surface area (Å²) in [6, 6.07) is 26.8. The standard InChI is InChI=1S/C46H53N9O7/c1-27(41(47)58)51-42(59)37(12-7-21-50-46(48)49)53-44(61)40(26-31-14-18-33-9-4-6-11-35(33)23-31)55-45(62)39(24-29-15-19-36(57)20-16-29)54-43(60)38(52-28(2)56)25-30-13-17-32-8-3-5-10-34(32)22-30/h3-6,8-11,13-20,22-23,27,37-40,57H,7,12,21,24-26H2,1-2H3,(H2,47,58)(H,51,59)(H,52,56)(H,53,61)(H,54,60)(H,55,62)(H4,48,49,50)/t27-,37-,38-,39-,40-/m0/s1. The molecule has 5 atom stereocenters. The van der Waals surface area contributed by atoms with Crippen molar-refractivity contribution in [1.29, 1.82) is 0 Å². The van der Waals surface area contributed by atoms with Crippen LogP contribution < -0.4 is 43.8 Å². The monoisotopic (exact) mass is 843 g/mol. The van der Waals surface area contributed by atoms with Gasteiger partial charge in [-0.1, -0.05) is 97.1 Å². The van der Waals surface area contributed by atoms with Crippen molar-refractivity contribution in [2.45, 2.75) is 76.2 Å². The van der Waals surface area contributed by atoms with Crippen LogP contribution in [0, 0.1) is 0 Å². The van der Waals surface area contributed by atoms with Crippen LogP contribution in [0.3, 0.4) is 0 Å². The number of rotatable bonds is 20. The Kier molecular flexibility index (Phi) is 15.9. The van der Waals surface area contributed by atoms with Crippen LogP contribution in [0.25, 0.3) is 21.5 Å². The predicted molar refractivity (Wildman–Crippen MR) is 237 cm³/mol. The number of fused-ring (bicyclic) bond motifs is 2. The molecule has 5 aromatic rings. The number of hydrogen-bond acceptors (Lipinski definition) is 8. The second-order valence-corrected chi connectivity index (χ2v) is 15.2. The zero-order valence-electron chi connectivity index (χ0n) is 34.6. The third-order valence-electron chi connectivity index (χ3n) is 10.2. The molecule has 0 aliphatic heterocycles. The second kappa shape index (κ2) is 21.7. The lowest BCUT2D eigenvalue weighted by Gasteiger charge is -2.27. The number of hydrogen-bond donors (Lipinski definition) is 9. The molecule has 0 heterocycles. The molecule has 16 heteroatoms. The maximum absolute atomic E-state index is 14.5. The van der Waals surface area contributed by atoms with Crippen molar-refractivity contribution in [2.24, 2.45) is 22.2 Å². The van der Waals surface area contributed by atoms with Gasteiger partial charge >= 0.3 is 0 Å². The van der Waals surface area contributed by atoms with Gasteiger partial charge in [0, 0.05) is 32.7 Å². The number of primary amides is 1. The van der Waals surface area contributed by atoms with Gasteiger partial charge in [0.25, 0.3) is 0 Å². The van der Waals surface area contributed by atoms with E-state index in [2.05, 4.69) is 31.6 Å². The Bertz CT molecular complexity index is 2440. The van der Waals surface area contributed by atoms with Gasteiger partial charge in [-0.15, -0.1) is 0 Å². The van der Waals surface area contributed by atoms with Crippen LogP contribution in [0.4, 0.5) is 0 Å². The van der Waals surface area contributed by atoms with Gasteiger partial charge in [-0.2, -0.15) is 0 Å². The first-order valence-corrected chi connectivity index (χ1v) is 20.2. The van der Waals surface area contributed by atoms with E-state index < -0.39 is 65.7 Å². The number of phenolic OH excluding ortho intramolecular Hbond substituents is 1. The van der Waals surface area contributed by atoms with Crippen molar-refractivity contribution >= 4 is 62.9 Å². The Balaban J connectivity index is 1.45. The number of guanidine groups is 1. The Morgan fingerprint density at radius 2 is 0.968 bits per heavy atom. The predicted octanol–water partition coefficient (Wildman–Crippen LogP) is 1.73. The van der Waals surface area contributed by atoms with Gasteiger partial charge in [-0.05, 0) is 70.1 Å². The summed E-state index contributed by atoms with van der Waals surface area (Å²) in [6.07, 6.45) is 0.332. The lowest BCUT2D eigenvalue weighted by atomic mass is 9.98. The minimum atomic E-state index is -1.30. The highest BCUT2D eigenvalue weighted by Crippen LogP contribution is 2.19. The van der Waals surface area contributed by atoms with E-state index in [1.165, 1.54) is 26.0 Å². The SMILES string of the molecule is CC(=O)N[C@@H](Cc1ccc2ccccc2c1)C(=O)N[C@@H](Cc1ccc(O)cc1)C(=O)N[C@@H](Cc1ccc2ccccc2c1)C(=O)N[C@@H](CCCN=C(N)N)C(=O)N[C@@H](C)C(N)=O.